The van der Waals surface area contributed by atoms with Crippen LogP contribution >= 0.6 is 15.9 Å². The number of likely N-dealkylation sites (tertiary alicyclic amines) is 1. The molecule has 2 unspecified atom stereocenters. The van der Waals surface area contributed by atoms with E-state index in [0.29, 0.717) is 0 Å². The maximum atomic E-state index is 3.67. The summed E-state index contributed by atoms with van der Waals surface area (Å²) in [5, 5.41) is 1.18. The van der Waals surface area contributed by atoms with Crippen molar-refractivity contribution >= 4 is 15.9 Å². The van der Waals surface area contributed by atoms with E-state index in [-0.39, 0.29) is 0 Å². The van der Waals surface area contributed by atoms with Crippen molar-refractivity contribution in [3.63, 3.8) is 0 Å². The fraction of sp³-hybridized carbons (Fsp3) is 1.00. The third kappa shape index (κ3) is 6.24. The Morgan fingerprint density at radius 3 is 2.65 bits per heavy atom. The van der Waals surface area contributed by atoms with Gasteiger partial charge in [0.05, 0.1) is 0 Å². The first-order valence-corrected chi connectivity index (χ1v) is 8.70. The van der Waals surface area contributed by atoms with Crippen molar-refractivity contribution < 1.29 is 0 Å². The van der Waals surface area contributed by atoms with Crippen LogP contribution in [0, 0.1) is 11.8 Å². The standard InChI is InChI=1S/C15H30BrN/c1-3-6-14-8-5-10-17(11-9-14)13-15(12-16)7-4-2/h14-15H,3-13H2,1-2H3. The number of nitrogens with zero attached hydrogens (tertiary/aromatic N) is 1. The minimum Gasteiger partial charge on any atom is -0.303 e. The molecular formula is C15H30BrN. The topological polar surface area (TPSA) is 3.24 Å². The molecule has 1 rings (SSSR count). The van der Waals surface area contributed by atoms with E-state index in [1.165, 1.54) is 69.9 Å². The van der Waals surface area contributed by atoms with Gasteiger partial charge in [-0.25, -0.2) is 0 Å². The molecule has 1 aliphatic heterocycles. The average Bonchev–Trinajstić information content (AvgIpc) is 2.55. The van der Waals surface area contributed by atoms with Gasteiger partial charge in [0, 0.05) is 11.9 Å². The van der Waals surface area contributed by atoms with Gasteiger partial charge in [-0.2, -0.15) is 0 Å². The zero-order valence-electron chi connectivity index (χ0n) is 11.8. The molecule has 17 heavy (non-hydrogen) atoms. The molecule has 1 nitrogen and oxygen atoms in total. The van der Waals surface area contributed by atoms with Crippen LogP contribution in [-0.2, 0) is 0 Å². The SMILES string of the molecule is CCCC1CCCN(CC(CBr)CCC)CC1. The first-order chi connectivity index (χ1) is 8.30. The van der Waals surface area contributed by atoms with Crippen molar-refractivity contribution in [1.82, 2.24) is 4.90 Å². The zero-order chi connectivity index (χ0) is 12.5. The molecule has 0 aliphatic carbocycles. The van der Waals surface area contributed by atoms with Gasteiger partial charge in [-0.3, -0.25) is 0 Å². The Kier molecular flexibility index (Phi) is 8.55. The summed E-state index contributed by atoms with van der Waals surface area (Å²) in [7, 11) is 0. The molecule has 0 radical (unpaired) electrons. The van der Waals surface area contributed by atoms with Crippen LogP contribution in [0.15, 0.2) is 0 Å². The number of hydrogen-bond donors (Lipinski definition) is 0. The Hall–Kier alpha value is 0.440. The normalized spacial score (nSPS) is 24.5. The Bertz CT molecular complexity index is 184. The predicted molar refractivity (Wildman–Crippen MR) is 80.9 cm³/mol. The monoisotopic (exact) mass is 303 g/mol. The highest BCUT2D eigenvalue weighted by Crippen LogP contribution is 2.23. The molecule has 1 heterocycles. The van der Waals surface area contributed by atoms with Crippen molar-refractivity contribution in [3.05, 3.63) is 0 Å². The third-order valence-corrected chi connectivity index (χ3v) is 4.98. The first kappa shape index (κ1) is 15.5. The van der Waals surface area contributed by atoms with E-state index in [1.807, 2.05) is 0 Å². The van der Waals surface area contributed by atoms with Crippen LogP contribution in [0.5, 0.6) is 0 Å². The Balaban J connectivity index is 2.29. The lowest BCUT2D eigenvalue weighted by atomic mass is 9.96. The Labute approximate surface area is 116 Å². The Morgan fingerprint density at radius 2 is 2.00 bits per heavy atom. The molecule has 1 aliphatic rings. The van der Waals surface area contributed by atoms with Crippen LogP contribution in [0.1, 0.15) is 58.8 Å². The molecule has 0 aromatic rings. The minimum atomic E-state index is 0.864. The number of halogens is 1. The lowest BCUT2D eigenvalue weighted by molar-refractivity contribution is 0.238. The molecule has 102 valence electrons. The van der Waals surface area contributed by atoms with E-state index in [0.717, 1.165) is 11.8 Å². The van der Waals surface area contributed by atoms with Crippen molar-refractivity contribution in [2.24, 2.45) is 11.8 Å². The molecular weight excluding hydrogens is 274 g/mol. The smallest absolute Gasteiger partial charge is 0.00718 e. The summed E-state index contributed by atoms with van der Waals surface area (Å²) in [6, 6.07) is 0. The molecule has 2 atom stereocenters. The van der Waals surface area contributed by atoms with E-state index >= 15 is 0 Å². The molecule has 0 saturated carbocycles. The molecule has 1 saturated heterocycles. The van der Waals surface area contributed by atoms with Crippen LogP contribution in [0.4, 0.5) is 0 Å². The molecule has 0 N–H and O–H groups in total. The highest BCUT2D eigenvalue weighted by atomic mass is 79.9. The largest absolute Gasteiger partial charge is 0.303 e. The lowest BCUT2D eigenvalue weighted by Gasteiger charge is -2.25. The van der Waals surface area contributed by atoms with E-state index in [1.54, 1.807) is 0 Å². The van der Waals surface area contributed by atoms with Crippen molar-refractivity contribution in [2.75, 3.05) is 25.0 Å². The fourth-order valence-corrected chi connectivity index (χ4v) is 3.62. The number of alkyl halides is 1. The summed E-state index contributed by atoms with van der Waals surface area (Å²) < 4.78 is 0. The van der Waals surface area contributed by atoms with Crippen molar-refractivity contribution in [2.45, 2.75) is 58.8 Å². The maximum Gasteiger partial charge on any atom is 0.00718 e. The number of rotatable bonds is 7. The predicted octanol–water partition coefficient (Wildman–Crippen LogP) is 4.70. The van der Waals surface area contributed by atoms with E-state index < -0.39 is 0 Å². The van der Waals surface area contributed by atoms with Crippen LogP contribution in [0.2, 0.25) is 0 Å². The van der Waals surface area contributed by atoms with Crippen LogP contribution in [0.25, 0.3) is 0 Å². The van der Waals surface area contributed by atoms with Crippen molar-refractivity contribution in [3.8, 4) is 0 Å². The third-order valence-electron chi connectivity index (χ3n) is 4.07. The highest BCUT2D eigenvalue weighted by molar-refractivity contribution is 9.09. The molecule has 0 aromatic carbocycles. The summed E-state index contributed by atoms with van der Waals surface area (Å²) in [5.41, 5.74) is 0. The quantitative estimate of drug-likeness (QED) is 0.616. The summed E-state index contributed by atoms with van der Waals surface area (Å²) in [6.45, 7) is 8.63. The van der Waals surface area contributed by atoms with Crippen LogP contribution in [-0.4, -0.2) is 29.9 Å². The summed E-state index contributed by atoms with van der Waals surface area (Å²) in [5.74, 6) is 1.88. The lowest BCUT2D eigenvalue weighted by Crippen LogP contribution is -2.31. The summed E-state index contributed by atoms with van der Waals surface area (Å²) >= 11 is 3.67. The molecule has 0 bridgehead atoms. The second-order valence-electron chi connectivity index (χ2n) is 5.70. The van der Waals surface area contributed by atoms with Crippen LogP contribution in [0.3, 0.4) is 0 Å². The number of hydrogen-bond acceptors (Lipinski definition) is 1. The van der Waals surface area contributed by atoms with Gasteiger partial charge in [-0.1, -0.05) is 49.0 Å². The zero-order valence-corrected chi connectivity index (χ0v) is 13.3. The van der Waals surface area contributed by atoms with Gasteiger partial charge in [0.2, 0.25) is 0 Å². The Morgan fingerprint density at radius 1 is 1.18 bits per heavy atom. The van der Waals surface area contributed by atoms with E-state index in [9.17, 15) is 0 Å². The average molecular weight is 304 g/mol. The highest BCUT2D eigenvalue weighted by Gasteiger charge is 2.18. The van der Waals surface area contributed by atoms with Gasteiger partial charge in [-0.05, 0) is 50.6 Å². The van der Waals surface area contributed by atoms with Gasteiger partial charge in [0.15, 0.2) is 0 Å². The van der Waals surface area contributed by atoms with E-state index in [2.05, 4.69) is 34.7 Å². The fourth-order valence-electron chi connectivity index (χ4n) is 3.09. The second kappa shape index (κ2) is 9.38. The van der Waals surface area contributed by atoms with Crippen LogP contribution < -0.4 is 0 Å². The molecule has 2 heteroatoms. The maximum absolute atomic E-state index is 3.67. The summed E-state index contributed by atoms with van der Waals surface area (Å²) in [4.78, 5) is 2.72. The van der Waals surface area contributed by atoms with Gasteiger partial charge >= 0.3 is 0 Å². The molecule has 0 amide bonds. The molecule has 0 spiro atoms. The molecule has 0 aromatic heterocycles. The van der Waals surface area contributed by atoms with Gasteiger partial charge in [-0.15, -0.1) is 0 Å². The van der Waals surface area contributed by atoms with E-state index in [4.69, 9.17) is 0 Å². The van der Waals surface area contributed by atoms with Crippen molar-refractivity contribution in [1.29, 1.82) is 0 Å². The van der Waals surface area contributed by atoms with Gasteiger partial charge in [0.25, 0.3) is 0 Å². The van der Waals surface area contributed by atoms with Gasteiger partial charge in [0.1, 0.15) is 0 Å². The second-order valence-corrected chi connectivity index (χ2v) is 6.34. The minimum absolute atomic E-state index is 0.864. The summed E-state index contributed by atoms with van der Waals surface area (Å²) in [6.07, 6.45) is 9.84. The molecule has 1 fully saturated rings. The first-order valence-electron chi connectivity index (χ1n) is 7.58. The van der Waals surface area contributed by atoms with Gasteiger partial charge < -0.3 is 4.90 Å².